The molecular formula is C18H30N2O5. The van der Waals surface area contributed by atoms with Gasteiger partial charge in [-0.15, -0.1) is 0 Å². The zero-order valence-electron chi connectivity index (χ0n) is 16.2. The van der Waals surface area contributed by atoms with Gasteiger partial charge in [0.2, 0.25) is 0 Å². The molecule has 0 spiro atoms. The Hall–Kier alpha value is -1.86. The van der Waals surface area contributed by atoms with Gasteiger partial charge in [-0.3, -0.25) is 4.79 Å². The second-order valence-corrected chi connectivity index (χ2v) is 5.68. The van der Waals surface area contributed by atoms with E-state index in [1.807, 2.05) is 18.4 Å². The van der Waals surface area contributed by atoms with Crippen LogP contribution in [0.5, 0.6) is 0 Å². The first-order valence-electron chi connectivity index (χ1n) is 8.58. The van der Waals surface area contributed by atoms with Crippen molar-refractivity contribution >= 4 is 11.9 Å². The number of nitrogens with zero attached hydrogens (tertiary/aromatic N) is 2. The van der Waals surface area contributed by atoms with Gasteiger partial charge in [-0.2, -0.15) is 0 Å². The molecule has 0 atom stereocenters. The SMILES string of the molecule is CCOC(=O)c1c(C)c(C(=O)N(CCOC)CCOC)c(C)n1CC. The summed E-state index contributed by atoms with van der Waals surface area (Å²) in [6.07, 6.45) is 0. The number of hydrogen-bond donors (Lipinski definition) is 0. The first-order valence-corrected chi connectivity index (χ1v) is 8.58. The Morgan fingerprint density at radius 3 is 2.04 bits per heavy atom. The van der Waals surface area contributed by atoms with Crippen molar-refractivity contribution in [3.8, 4) is 0 Å². The summed E-state index contributed by atoms with van der Waals surface area (Å²) in [7, 11) is 3.20. The molecule has 25 heavy (non-hydrogen) atoms. The van der Waals surface area contributed by atoms with E-state index < -0.39 is 5.97 Å². The van der Waals surface area contributed by atoms with Crippen LogP contribution in [0.1, 0.15) is 46.0 Å². The van der Waals surface area contributed by atoms with E-state index in [-0.39, 0.29) is 5.91 Å². The molecule has 0 saturated carbocycles. The van der Waals surface area contributed by atoms with Gasteiger partial charge in [-0.05, 0) is 33.3 Å². The van der Waals surface area contributed by atoms with Gasteiger partial charge in [0.25, 0.3) is 5.91 Å². The molecule has 142 valence electrons. The molecular weight excluding hydrogens is 324 g/mol. The van der Waals surface area contributed by atoms with Crippen LogP contribution in [-0.4, -0.2) is 68.5 Å². The summed E-state index contributed by atoms with van der Waals surface area (Å²) in [5, 5.41) is 0. The number of methoxy groups -OCH3 is 2. The molecule has 7 heteroatoms. The van der Waals surface area contributed by atoms with Crippen molar-refractivity contribution in [2.75, 3.05) is 47.1 Å². The largest absolute Gasteiger partial charge is 0.461 e. The van der Waals surface area contributed by atoms with Crippen LogP contribution in [0, 0.1) is 13.8 Å². The van der Waals surface area contributed by atoms with Gasteiger partial charge in [0.05, 0.1) is 25.4 Å². The van der Waals surface area contributed by atoms with Crippen LogP contribution in [0.4, 0.5) is 0 Å². The lowest BCUT2D eigenvalue weighted by Crippen LogP contribution is -2.37. The topological polar surface area (TPSA) is 70.0 Å². The Labute approximate surface area is 149 Å². The fraction of sp³-hybridized carbons (Fsp3) is 0.667. The van der Waals surface area contributed by atoms with Crippen molar-refractivity contribution in [3.63, 3.8) is 0 Å². The second-order valence-electron chi connectivity index (χ2n) is 5.68. The molecule has 7 nitrogen and oxygen atoms in total. The number of amides is 1. The molecule has 1 aromatic rings. The summed E-state index contributed by atoms with van der Waals surface area (Å²) in [4.78, 5) is 27.1. The van der Waals surface area contributed by atoms with E-state index in [0.717, 1.165) is 5.69 Å². The normalized spacial score (nSPS) is 10.8. The van der Waals surface area contributed by atoms with E-state index >= 15 is 0 Å². The molecule has 0 aliphatic heterocycles. The number of carbonyl (C=O) groups excluding carboxylic acids is 2. The van der Waals surface area contributed by atoms with E-state index in [9.17, 15) is 9.59 Å². The standard InChI is InChI=1S/C18H30N2O5/c1-7-20-14(4)15(13(3)16(20)18(22)25-8-2)17(21)19(9-11-23-5)10-12-24-6/h7-12H2,1-6H3. The van der Waals surface area contributed by atoms with E-state index in [1.165, 1.54) is 0 Å². The molecule has 0 radical (unpaired) electrons. The maximum Gasteiger partial charge on any atom is 0.355 e. The molecule has 0 aliphatic carbocycles. The fourth-order valence-electron chi connectivity index (χ4n) is 2.94. The molecule has 1 aromatic heterocycles. The number of esters is 1. The van der Waals surface area contributed by atoms with Gasteiger partial charge < -0.3 is 23.7 Å². The molecule has 1 amide bonds. The Bertz CT molecular complexity index is 587. The van der Waals surface area contributed by atoms with Gasteiger partial charge >= 0.3 is 5.97 Å². The quantitative estimate of drug-likeness (QED) is 0.601. The van der Waals surface area contributed by atoms with Gasteiger partial charge in [0.15, 0.2) is 0 Å². The molecule has 0 N–H and O–H groups in total. The summed E-state index contributed by atoms with van der Waals surface area (Å²) in [6.45, 7) is 10.0. The summed E-state index contributed by atoms with van der Waals surface area (Å²) in [6, 6.07) is 0. The van der Waals surface area contributed by atoms with Crippen molar-refractivity contribution in [1.29, 1.82) is 0 Å². The molecule has 0 aromatic carbocycles. The second kappa shape index (κ2) is 10.2. The third-order valence-electron chi connectivity index (χ3n) is 4.18. The highest BCUT2D eigenvalue weighted by Crippen LogP contribution is 2.24. The van der Waals surface area contributed by atoms with Crippen LogP contribution in [0.25, 0.3) is 0 Å². The maximum absolute atomic E-state index is 13.1. The molecule has 1 rings (SSSR count). The lowest BCUT2D eigenvalue weighted by molar-refractivity contribution is 0.0512. The van der Waals surface area contributed by atoms with Crippen LogP contribution in [0.2, 0.25) is 0 Å². The maximum atomic E-state index is 13.1. The van der Waals surface area contributed by atoms with Gasteiger partial charge in [0.1, 0.15) is 5.69 Å². The zero-order valence-corrected chi connectivity index (χ0v) is 16.2. The van der Waals surface area contributed by atoms with Crippen molar-refractivity contribution in [2.45, 2.75) is 34.2 Å². The number of aromatic nitrogens is 1. The average Bonchev–Trinajstić information content (AvgIpc) is 2.84. The summed E-state index contributed by atoms with van der Waals surface area (Å²) >= 11 is 0. The van der Waals surface area contributed by atoms with Crippen molar-refractivity contribution in [1.82, 2.24) is 9.47 Å². The number of ether oxygens (including phenoxy) is 3. The van der Waals surface area contributed by atoms with Crippen LogP contribution in [0.15, 0.2) is 0 Å². The minimum atomic E-state index is -0.399. The van der Waals surface area contributed by atoms with Gasteiger partial charge in [0, 0.05) is 39.5 Å². The molecule has 0 fully saturated rings. The number of hydrogen-bond acceptors (Lipinski definition) is 5. The zero-order chi connectivity index (χ0) is 19.0. The minimum Gasteiger partial charge on any atom is -0.461 e. The highest BCUT2D eigenvalue weighted by Gasteiger charge is 2.29. The Kier molecular flexibility index (Phi) is 8.65. The lowest BCUT2D eigenvalue weighted by atomic mass is 10.1. The highest BCUT2D eigenvalue weighted by molar-refractivity contribution is 6.01. The molecule has 0 unspecified atom stereocenters. The van der Waals surface area contributed by atoms with Crippen LogP contribution in [-0.2, 0) is 20.8 Å². The third-order valence-corrected chi connectivity index (χ3v) is 4.18. The molecule has 0 aliphatic rings. The first kappa shape index (κ1) is 21.2. The minimum absolute atomic E-state index is 0.123. The van der Waals surface area contributed by atoms with Crippen molar-refractivity contribution < 1.29 is 23.8 Å². The lowest BCUT2D eigenvalue weighted by Gasteiger charge is -2.22. The average molecular weight is 354 g/mol. The van der Waals surface area contributed by atoms with Gasteiger partial charge in [-0.25, -0.2) is 4.79 Å². The summed E-state index contributed by atoms with van der Waals surface area (Å²) < 4.78 is 17.2. The molecule has 0 saturated heterocycles. The van der Waals surface area contributed by atoms with E-state index in [1.54, 1.807) is 33.0 Å². The summed E-state index contributed by atoms with van der Waals surface area (Å²) in [5.74, 6) is -0.522. The summed E-state index contributed by atoms with van der Waals surface area (Å²) in [5.41, 5.74) is 2.43. The monoisotopic (exact) mass is 354 g/mol. The van der Waals surface area contributed by atoms with Crippen molar-refractivity contribution in [2.24, 2.45) is 0 Å². The smallest absolute Gasteiger partial charge is 0.355 e. The van der Waals surface area contributed by atoms with Crippen molar-refractivity contribution in [3.05, 3.63) is 22.5 Å². The molecule has 0 bridgehead atoms. The Morgan fingerprint density at radius 1 is 1.04 bits per heavy atom. The van der Waals surface area contributed by atoms with E-state index in [4.69, 9.17) is 14.2 Å². The number of rotatable bonds is 10. The van der Waals surface area contributed by atoms with Crippen LogP contribution < -0.4 is 0 Å². The van der Waals surface area contributed by atoms with E-state index in [2.05, 4.69) is 0 Å². The van der Waals surface area contributed by atoms with Crippen LogP contribution in [0.3, 0.4) is 0 Å². The fourth-order valence-corrected chi connectivity index (χ4v) is 2.94. The predicted molar refractivity (Wildman–Crippen MR) is 95.2 cm³/mol. The Morgan fingerprint density at radius 2 is 1.60 bits per heavy atom. The van der Waals surface area contributed by atoms with E-state index in [0.29, 0.717) is 56.3 Å². The van der Waals surface area contributed by atoms with Gasteiger partial charge in [-0.1, -0.05) is 0 Å². The first-order chi connectivity index (χ1) is 11.9. The van der Waals surface area contributed by atoms with Crippen LogP contribution >= 0.6 is 0 Å². The molecule has 1 heterocycles. The predicted octanol–water partition coefficient (Wildman–Crippen LogP) is 2.04. The third kappa shape index (κ3) is 4.83. The highest BCUT2D eigenvalue weighted by atomic mass is 16.5. The number of carbonyl (C=O) groups is 2. The Balaban J connectivity index is 3.29.